The van der Waals surface area contributed by atoms with E-state index in [0.29, 0.717) is 6.04 Å². The Morgan fingerprint density at radius 1 is 1.33 bits per heavy atom. The topological polar surface area (TPSA) is 47.3 Å². The van der Waals surface area contributed by atoms with Crippen LogP contribution in [0, 0.1) is 0 Å². The van der Waals surface area contributed by atoms with Crippen LogP contribution in [0.1, 0.15) is 25.7 Å². The summed E-state index contributed by atoms with van der Waals surface area (Å²) in [6.45, 7) is 1.80. The van der Waals surface area contributed by atoms with Gasteiger partial charge in [-0.3, -0.25) is 0 Å². The van der Waals surface area contributed by atoms with Gasteiger partial charge in [0.25, 0.3) is 0 Å². The minimum absolute atomic E-state index is 0.317. The predicted molar refractivity (Wildman–Crippen MR) is 52.2 cm³/mol. The van der Waals surface area contributed by atoms with Crippen LogP contribution in [0.15, 0.2) is 0 Å². The van der Waals surface area contributed by atoms with E-state index in [9.17, 15) is 0 Å². The molecule has 0 amide bonds. The summed E-state index contributed by atoms with van der Waals surface area (Å²) in [6.07, 6.45) is 4.71. The van der Waals surface area contributed by atoms with E-state index in [1.807, 2.05) is 7.05 Å². The number of hydrogen-bond acceptors (Lipinski definition) is 3. The van der Waals surface area contributed by atoms with Crippen molar-refractivity contribution in [3.8, 4) is 0 Å². The van der Waals surface area contributed by atoms with Gasteiger partial charge in [-0.2, -0.15) is 0 Å². The lowest BCUT2D eigenvalue weighted by Gasteiger charge is -2.09. The van der Waals surface area contributed by atoms with Crippen LogP contribution in [0.5, 0.6) is 0 Å². The Labute approximate surface area is 75.7 Å². The van der Waals surface area contributed by atoms with E-state index in [1.54, 1.807) is 7.11 Å². The fraction of sp³-hybridized carbons (Fsp3) is 1.00. The zero-order valence-corrected chi connectivity index (χ0v) is 8.31. The fourth-order valence-corrected chi connectivity index (χ4v) is 1.19. The van der Waals surface area contributed by atoms with Crippen molar-refractivity contribution in [3.63, 3.8) is 0 Å². The number of hydrogen-bond donors (Lipinski definition) is 2. The van der Waals surface area contributed by atoms with Crippen molar-refractivity contribution in [2.45, 2.75) is 31.7 Å². The average molecular weight is 174 g/mol. The number of nitrogens with two attached hydrogens (primary N) is 1. The zero-order valence-electron chi connectivity index (χ0n) is 8.31. The van der Waals surface area contributed by atoms with Gasteiger partial charge in [0, 0.05) is 26.3 Å². The van der Waals surface area contributed by atoms with Crippen LogP contribution >= 0.6 is 0 Å². The Balaban J connectivity index is 2.97. The van der Waals surface area contributed by atoms with Crippen molar-refractivity contribution >= 4 is 0 Å². The molecule has 0 saturated heterocycles. The van der Waals surface area contributed by atoms with E-state index in [1.165, 1.54) is 12.8 Å². The van der Waals surface area contributed by atoms with E-state index < -0.39 is 0 Å². The van der Waals surface area contributed by atoms with Crippen molar-refractivity contribution in [1.29, 1.82) is 0 Å². The molecule has 74 valence electrons. The molecular weight excluding hydrogens is 152 g/mol. The molecule has 0 aliphatic rings. The molecule has 0 fully saturated rings. The van der Waals surface area contributed by atoms with E-state index in [0.717, 1.165) is 26.0 Å². The number of unbranched alkanes of at least 4 members (excludes halogenated alkanes) is 2. The zero-order chi connectivity index (χ0) is 9.23. The van der Waals surface area contributed by atoms with Crippen LogP contribution in [0.25, 0.3) is 0 Å². The quantitative estimate of drug-likeness (QED) is 0.534. The maximum absolute atomic E-state index is 5.81. The molecule has 1 unspecified atom stereocenters. The smallest absolute Gasteiger partial charge is 0.0462 e. The largest absolute Gasteiger partial charge is 0.385 e. The van der Waals surface area contributed by atoms with Crippen LogP contribution in [-0.4, -0.2) is 33.4 Å². The number of nitrogens with one attached hydrogen (secondary N) is 1. The van der Waals surface area contributed by atoms with Gasteiger partial charge < -0.3 is 15.8 Å². The molecule has 0 heterocycles. The molecule has 0 radical (unpaired) electrons. The van der Waals surface area contributed by atoms with Crippen molar-refractivity contribution in [2.75, 3.05) is 27.3 Å². The fourth-order valence-electron chi connectivity index (χ4n) is 1.19. The monoisotopic (exact) mass is 174 g/mol. The lowest BCUT2D eigenvalue weighted by atomic mass is 10.1. The minimum Gasteiger partial charge on any atom is -0.385 e. The third kappa shape index (κ3) is 7.98. The predicted octanol–water partition coefficient (Wildman–Crippen LogP) is 0.740. The lowest BCUT2D eigenvalue weighted by molar-refractivity contribution is 0.191. The van der Waals surface area contributed by atoms with Crippen molar-refractivity contribution in [3.05, 3.63) is 0 Å². The Hall–Kier alpha value is -0.120. The summed E-state index contributed by atoms with van der Waals surface area (Å²) in [6, 6.07) is 0.317. The highest BCUT2D eigenvalue weighted by molar-refractivity contribution is 4.62. The summed E-state index contributed by atoms with van der Waals surface area (Å²) in [5, 5.41) is 3.07. The Kier molecular flexibility index (Phi) is 8.88. The maximum atomic E-state index is 5.81. The number of rotatable bonds is 8. The third-order valence-corrected chi connectivity index (χ3v) is 1.89. The SMILES string of the molecule is CNCC(N)CCCCCOC. The van der Waals surface area contributed by atoms with Crippen LogP contribution in [0.2, 0.25) is 0 Å². The van der Waals surface area contributed by atoms with Gasteiger partial charge in [0.2, 0.25) is 0 Å². The first-order valence-corrected chi connectivity index (χ1v) is 4.70. The first-order chi connectivity index (χ1) is 5.81. The van der Waals surface area contributed by atoms with E-state index in [2.05, 4.69) is 5.32 Å². The summed E-state index contributed by atoms with van der Waals surface area (Å²) in [4.78, 5) is 0. The standard InChI is InChI=1S/C9H22N2O/c1-11-8-9(10)6-4-3-5-7-12-2/h9,11H,3-8,10H2,1-2H3. The highest BCUT2D eigenvalue weighted by Crippen LogP contribution is 2.01. The summed E-state index contributed by atoms with van der Waals surface area (Å²) >= 11 is 0. The normalized spacial score (nSPS) is 13.2. The second-order valence-corrected chi connectivity index (χ2v) is 3.16. The van der Waals surface area contributed by atoms with Crippen molar-refractivity contribution < 1.29 is 4.74 Å². The van der Waals surface area contributed by atoms with E-state index >= 15 is 0 Å². The molecule has 0 rings (SSSR count). The van der Waals surface area contributed by atoms with Crippen LogP contribution in [0.3, 0.4) is 0 Å². The molecule has 12 heavy (non-hydrogen) atoms. The molecule has 1 atom stereocenters. The molecule has 0 aromatic rings. The van der Waals surface area contributed by atoms with E-state index in [-0.39, 0.29) is 0 Å². The molecule has 3 N–H and O–H groups in total. The second kappa shape index (κ2) is 8.97. The molecular formula is C9H22N2O. The Bertz CT molecular complexity index is 88.6. The summed E-state index contributed by atoms with van der Waals surface area (Å²) in [5.74, 6) is 0. The molecule has 3 nitrogen and oxygen atoms in total. The second-order valence-electron chi connectivity index (χ2n) is 3.16. The molecule has 0 aliphatic heterocycles. The maximum Gasteiger partial charge on any atom is 0.0462 e. The first-order valence-electron chi connectivity index (χ1n) is 4.70. The summed E-state index contributed by atoms with van der Waals surface area (Å²) < 4.78 is 4.95. The van der Waals surface area contributed by atoms with Gasteiger partial charge in [0.15, 0.2) is 0 Å². The van der Waals surface area contributed by atoms with Gasteiger partial charge in [-0.25, -0.2) is 0 Å². The van der Waals surface area contributed by atoms with Gasteiger partial charge in [-0.05, 0) is 19.9 Å². The van der Waals surface area contributed by atoms with Gasteiger partial charge in [-0.15, -0.1) is 0 Å². The van der Waals surface area contributed by atoms with Gasteiger partial charge in [0.05, 0.1) is 0 Å². The van der Waals surface area contributed by atoms with Crippen molar-refractivity contribution in [2.24, 2.45) is 5.73 Å². The van der Waals surface area contributed by atoms with Crippen molar-refractivity contribution in [1.82, 2.24) is 5.32 Å². The van der Waals surface area contributed by atoms with E-state index in [4.69, 9.17) is 10.5 Å². The number of likely N-dealkylation sites (N-methyl/N-ethyl adjacent to an activating group) is 1. The van der Waals surface area contributed by atoms with Crippen LogP contribution in [-0.2, 0) is 4.74 Å². The number of methoxy groups -OCH3 is 1. The van der Waals surface area contributed by atoms with Gasteiger partial charge in [-0.1, -0.05) is 12.8 Å². The number of ether oxygens (including phenoxy) is 1. The lowest BCUT2D eigenvalue weighted by Crippen LogP contribution is -2.31. The van der Waals surface area contributed by atoms with Crippen LogP contribution in [0.4, 0.5) is 0 Å². The molecule has 0 saturated carbocycles. The van der Waals surface area contributed by atoms with Gasteiger partial charge in [0.1, 0.15) is 0 Å². The minimum atomic E-state index is 0.317. The molecule has 3 heteroatoms. The van der Waals surface area contributed by atoms with Crippen LogP contribution < -0.4 is 11.1 Å². The third-order valence-electron chi connectivity index (χ3n) is 1.89. The first kappa shape index (κ1) is 11.9. The Morgan fingerprint density at radius 3 is 2.67 bits per heavy atom. The molecule has 0 bridgehead atoms. The molecule has 0 aromatic heterocycles. The summed E-state index contributed by atoms with van der Waals surface area (Å²) in [5.41, 5.74) is 5.81. The van der Waals surface area contributed by atoms with Gasteiger partial charge >= 0.3 is 0 Å². The molecule has 0 aliphatic carbocycles. The molecule has 0 aromatic carbocycles. The highest BCUT2D eigenvalue weighted by atomic mass is 16.5. The average Bonchev–Trinajstić information content (AvgIpc) is 2.05. The molecule has 0 spiro atoms. The summed E-state index contributed by atoms with van der Waals surface area (Å²) in [7, 11) is 3.68. The highest BCUT2D eigenvalue weighted by Gasteiger charge is 1.99. The Morgan fingerprint density at radius 2 is 2.08 bits per heavy atom.